The van der Waals surface area contributed by atoms with Gasteiger partial charge in [-0.3, -0.25) is 25.8 Å². The molecule has 0 spiro atoms. The SMILES string of the molecule is CCCCOc1cccc(C(=O)NC(=S)NNC(=O)COc2ccccc2)c1. The number of para-hydroxylation sites is 1. The Morgan fingerprint density at radius 1 is 0.964 bits per heavy atom. The van der Waals surface area contributed by atoms with E-state index in [1.165, 1.54) is 0 Å². The van der Waals surface area contributed by atoms with Gasteiger partial charge in [0.1, 0.15) is 11.5 Å². The minimum atomic E-state index is -0.438. The molecule has 0 aliphatic carbocycles. The first-order chi connectivity index (χ1) is 13.6. The van der Waals surface area contributed by atoms with Crippen molar-refractivity contribution in [1.82, 2.24) is 16.2 Å². The monoisotopic (exact) mass is 401 g/mol. The number of carbonyl (C=O) groups excluding carboxylic acids is 2. The summed E-state index contributed by atoms with van der Waals surface area (Å²) in [6.45, 7) is 2.48. The second-order valence-electron chi connectivity index (χ2n) is 5.79. The van der Waals surface area contributed by atoms with E-state index in [-0.39, 0.29) is 11.7 Å². The van der Waals surface area contributed by atoms with Crippen LogP contribution in [0.4, 0.5) is 0 Å². The van der Waals surface area contributed by atoms with Crippen LogP contribution in [0.5, 0.6) is 11.5 Å². The maximum absolute atomic E-state index is 12.3. The van der Waals surface area contributed by atoms with E-state index in [0.717, 1.165) is 12.8 Å². The van der Waals surface area contributed by atoms with E-state index in [1.54, 1.807) is 48.5 Å². The number of amides is 2. The van der Waals surface area contributed by atoms with Crippen molar-refractivity contribution in [1.29, 1.82) is 0 Å². The molecular weight excluding hydrogens is 378 g/mol. The number of benzene rings is 2. The number of carbonyl (C=O) groups is 2. The molecule has 7 nitrogen and oxygen atoms in total. The minimum absolute atomic E-state index is 0.0321. The largest absolute Gasteiger partial charge is 0.494 e. The number of hydrogen-bond acceptors (Lipinski definition) is 5. The van der Waals surface area contributed by atoms with Crippen molar-refractivity contribution < 1.29 is 19.1 Å². The molecule has 0 atom stereocenters. The number of ether oxygens (including phenoxy) is 2. The van der Waals surface area contributed by atoms with Crippen molar-refractivity contribution in [3.63, 3.8) is 0 Å². The van der Waals surface area contributed by atoms with Gasteiger partial charge < -0.3 is 9.47 Å². The molecule has 0 heterocycles. The lowest BCUT2D eigenvalue weighted by Gasteiger charge is -2.12. The van der Waals surface area contributed by atoms with Gasteiger partial charge in [-0.05, 0) is 49.0 Å². The Balaban J connectivity index is 1.73. The van der Waals surface area contributed by atoms with E-state index in [1.807, 2.05) is 6.07 Å². The lowest BCUT2D eigenvalue weighted by atomic mass is 10.2. The molecule has 2 amide bonds. The Bertz CT molecular complexity index is 799. The van der Waals surface area contributed by atoms with E-state index in [0.29, 0.717) is 23.7 Å². The third kappa shape index (κ3) is 7.63. The van der Waals surface area contributed by atoms with E-state index in [9.17, 15) is 9.59 Å². The highest BCUT2D eigenvalue weighted by Gasteiger charge is 2.10. The van der Waals surface area contributed by atoms with Crippen LogP contribution in [0.25, 0.3) is 0 Å². The Hall–Kier alpha value is -3.13. The van der Waals surface area contributed by atoms with Crippen LogP contribution in [-0.4, -0.2) is 30.1 Å². The minimum Gasteiger partial charge on any atom is -0.494 e. The average Bonchev–Trinajstić information content (AvgIpc) is 2.72. The molecule has 0 saturated heterocycles. The molecule has 2 aromatic carbocycles. The molecule has 0 radical (unpaired) electrons. The van der Waals surface area contributed by atoms with Crippen LogP contribution in [0, 0.1) is 0 Å². The predicted molar refractivity (Wildman–Crippen MR) is 110 cm³/mol. The number of rotatable bonds is 8. The van der Waals surface area contributed by atoms with Crippen molar-refractivity contribution in [3.05, 3.63) is 60.2 Å². The van der Waals surface area contributed by atoms with Crippen LogP contribution in [0.1, 0.15) is 30.1 Å². The standard InChI is InChI=1S/C20H23N3O4S/c1-2-3-12-26-17-11-7-8-15(13-17)19(25)21-20(28)23-22-18(24)14-27-16-9-5-4-6-10-16/h4-11,13H,2-3,12,14H2,1H3,(H,22,24)(H2,21,23,25,28). The van der Waals surface area contributed by atoms with Crippen LogP contribution in [0.2, 0.25) is 0 Å². The van der Waals surface area contributed by atoms with Gasteiger partial charge in [-0.25, -0.2) is 0 Å². The molecule has 0 aliphatic heterocycles. The number of hydrazine groups is 1. The molecule has 3 N–H and O–H groups in total. The van der Waals surface area contributed by atoms with Gasteiger partial charge in [0, 0.05) is 5.56 Å². The fourth-order valence-corrected chi connectivity index (χ4v) is 2.24. The first-order valence-corrected chi connectivity index (χ1v) is 9.30. The van der Waals surface area contributed by atoms with Gasteiger partial charge in [-0.15, -0.1) is 0 Å². The van der Waals surface area contributed by atoms with Gasteiger partial charge in [-0.1, -0.05) is 37.6 Å². The molecule has 28 heavy (non-hydrogen) atoms. The number of hydrogen-bond donors (Lipinski definition) is 3. The van der Waals surface area contributed by atoms with Crippen molar-refractivity contribution >= 4 is 29.1 Å². The molecule has 0 bridgehead atoms. The van der Waals surface area contributed by atoms with Crippen molar-refractivity contribution in [3.8, 4) is 11.5 Å². The van der Waals surface area contributed by atoms with Gasteiger partial charge >= 0.3 is 0 Å². The summed E-state index contributed by atoms with van der Waals surface area (Å²) >= 11 is 5.01. The quantitative estimate of drug-likeness (QED) is 0.358. The van der Waals surface area contributed by atoms with E-state index in [2.05, 4.69) is 23.1 Å². The Morgan fingerprint density at radius 3 is 2.46 bits per heavy atom. The van der Waals surface area contributed by atoms with Gasteiger partial charge in [-0.2, -0.15) is 0 Å². The smallest absolute Gasteiger partial charge is 0.276 e. The topological polar surface area (TPSA) is 88.7 Å². The van der Waals surface area contributed by atoms with E-state index < -0.39 is 11.8 Å². The Morgan fingerprint density at radius 2 is 1.71 bits per heavy atom. The molecule has 0 unspecified atom stereocenters. The second kappa shape index (κ2) is 11.6. The molecule has 2 rings (SSSR count). The zero-order valence-electron chi connectivity index (χ0n) is 15.6. The highest BCUT2D eigenvalue weighted by Crippen LogP contribution is 2.13. The molecule has 0 aromatic heterocycles. The van der Waals surface area contributed by atoms with Crippen LogP contribution < -0.4 is 25.6 Å². The van der Waals surface area contributed by atoms with Crippen molar-refractivity contribution in [2.45, 2.75) is 19.8 Å². The first kappa shape index (κ1) is 21.2. The van der Waals surface area contributed by atoms with Crippen LogP contribution in [0.3, 0.4) is 0 Å². The van der Waals surface area contributed by atoms with Gasteiger partial charge in [0.05, 0.1) is 6.61 Å². The Kier molecular flexibility index (Phi) is 8.74. The summed E-state index contributed by atoms with van der Waals surface area (Å²) in [4.78, 5) is 24.0. The predicted octanol–water partition coefficient (Wildman–Crippen LogP) is 2.58. The van der Waals surface area contributed by atoms with Gasteiger partial charge in [0.25, 0.3) is 11.8 Å². The summed E-state index contributed by atoms with van der Waals surface area (Å²) in [6.07, 6.45) is 1.97. The van der Waals surface area contributed by atoms with E-state index >= 15 is 0 Å². The normalized spacial score (nSPS) is 9.89. The molecule has 0 fully saturated rings. The fraction of sp³-hybridized carbons (Fsp3) is 0.250. The fourth-order valence-electron chi connectivity index (χ4n) is 2.10. The van der Waals surface area contributed by atoms with E-state index in [4.69, 9.17) is 21.7 Å². The average molecular weight is 401 g/mol. The summed E-state index contributed by atoms with van der Waals surface area (Å²) in [7, 11) is 0. The molecule has 148 valence electrons. The van der Waals surface area contributed by atoms with Crippen LogP contribution in [0.15, 0.2) is 54.6 Å². The maximum atomic E-state index is 12.3. The maximum Gasteiger partial charge on any atom is 0.276 e. The summed E-state index contributed by atoms with van der Waals surface area (Å²) in [6, 6.07) is 15.8. The number of unbranched alkanes of at least 4 members (excludes halogenated alkanes) is 1. The molecule has 2 aromatic rings. The third-order valence-corrected chi connectivity index (χ3v) is 3.72. The first-order valence-electron chi connectivity index (χ1n) is 8.89. The number of thiocarbonyl (C=S) groups is 1. The Labute approximate surface area is 169 Å². The lowest BCUT2D eigenvalue weighted by molar-refractivity contribution is -0.123. The third-order valence-electron chi connectivity index (χ3n) is 3.52. The highest BCUT2D eigenvalue weighted by molar-refractivity contribution is 7.80. The molecule has 0 aliphatic rings. The summed E-state index contributed by atoms with van der Waals surface area (Å²) < 4.78 is 10.9. The summed E-state index contributed by atoms with van der Waals surface area (Å²) in [5.74, 6) is 0.348. The highest BCUT2D eigenvalue weighted by atomic mass is 32.1. The van der Waals surface area contributed by atoms with Crippen molar-refractivity contribution in [2.75, 3.05) is 13.2 Å². The summed E-state index contributed by atoms with van der Waals surface area (Å²) in [5, 5.41) is 2.46. The molecular formula is C20H23N3O4S. The summed E-state index contributed by atoms with van der Waals surface area (Å²) in [5.41, 5.74) is 5.23. The van der Waals surface area contributed by atoms with Crippen LogP contribution >= 0.6 is 12.2 Å². The van der Waals surface area contributed by atoms with Crippen molar-refractivity contribution in [2.24, 2.45) is 0 Å². The second-order valence-corrected chi connectivity index (χ2v) is 6.20. The van der Waals surface area contributed by atoms with Gasteiger partial charge in [0.15, 0.2) is 11.7 Å². The zero-order valence-corrected chi connectivity index (χ0v) is 16.4. The molecule has 0 saturated carbocycles. The van der Waals surface area contributed by atoms with Crippen LogP contribution in [-0.2, 0) is 4.79 Å². The van der Waals surface area contributed by atoms with Gasteiger partial charge in [0.2, 0.25) is 0 Å². The molecule has 8 heteroatoms. The zero-order chi connectivity index (χ0) is 20.2. The number of nitrogens with one attached hydrogen (secondary N) is 3. The lowest BCUT2D eigenvalue weighted by Crippen LogP contribution is -2.49.